The van der Waals surface area contributed by atoms with E-state index in [9.17, 15) is 15.7 Å². The Labute approximate surface area is 90.7 Å². The van der Waals surface area contributed by atoms with Gasteiger partial charge in [0, 0.05) is 0 Å². The standard InChI is InChI=1S/C8H5IO6/c10-7(11)5-2-1-4(9(14)15)3-6(5)8(12)13/h1-3H,(H,10,11)(H,12,13). The van der Waals surface area contributed by atoms with Crippen LogP contribution in [0.1, 0.15) is 20.7 Å². The molecule has 0 aliphatic carbocycles. The van der Waals surface area contributed by atoms with Crippen molar-refractivity contribution < 1.29 is 25.9 Å². The highest BCUT2D eigenvalue weighted by Gasteiger charge is 2.17. The number of hydrogen-bond acceptors (Lipinski definition) is 4. The number of aromatic carboxylic acids is 2. The summed E-state index contributed by atoms with van der Waals surface area (Å²) in [6, 6.07) is 2.92. The Morgan fingerprint density at radius 1 is 1.00 bits per heavy atom. The van der Waals surface area contributed by atoms with Gasteiger partial charge < -0.3 is 10.2 Å². The molecule has 0 unspecified atom stereocenters. The monoisotopic (exact) mass is 324 g/mol. The van der Waals surface area contributed by atoms with Crippen molar-refractivity contribution in [3.05, 3.63) is 32.9 Å². The largest absolute Gasteiger partial charge is 0.478 e. The lowest BCUT2D eigenvalue weighted by atomic mass is 10.1. The van der Waals surface area contributed by atoms with E-state index in [2.05, 4.69) is 0 Å². The molecular formula is C8H5IO6. The number of rotatable bonds is 3. The average Bonchev–Trinajstić information content (AvgIpc) is 2.16. The summed E-state index contributed by atoms with van der Waals surface area (Å²) in [5.74, 6) is -2.87. The van der Waals surface area contributed by atoms with Crippen molar-refractivity contribution in [2.75, 3.05) is 0 Å². The highest BCUT2D eigenvalue weighted by molar-refractivity contribution is 14.2. The molecule has 0 aromatic heterocycles. The molecule has 0 amide bonds. The second-order valence-electron chi connectivity index (χ2n) is 2.52. The number of hydrogen-bond donors (Lipinski definition) is 2. The van der Waals surface area contributed by atoms with Gasteiger partial charge in [-0.05, 0) is 18.2 Å². The Balaban J connectivity index is 3.46. The molecule has 0 saturated heterocycles. The zero-order valence-corrected chi connectivity index (χ0v) is 9.29. The smallest absolute Gasteiger partial charge is 0.340 e. The van der Waals surface area contributed by atoms with Crippen LogP contribution in [0.15, 0.2) is 18.2 Å². The lowest BCUT2D eigenvalue weighted by molar-refractivity contribution is 0.0651. The summed E-state index contributed by atoms with van der Waals surface area (Å²) in [6.45, 7) is 0. The van der Waals surface area contributed by atoms with Crippen LogP contribution in [0, 0.1) is 3.57 Å². The highest BCUT2D eigenvalue weighted by atomic mass is 127. The first-order chi connectivity index (χ1) is 6.93. The van der Waals surface area contributed by atoms with E-state index in [-0.39, 0.29) is 3.57 Å². The predicted octanol–water partition coefficient (Wildman–Crippen LogP) is 1.45. The number of carbonyl (C=O) groups is 2. The van der Waals surface area contributed by atoms with Crippen molar-refractivity contribution in [3.63, 3.8) is 0 Å². The van der Waals surface area contributed by atoms with E-state index in [1.165, 1.54) is 0 Å². The van der Waals surface area contributed by atoms with Gasteiger partial charge in [0.05, 0.1) is 14.7 Å². The maximum atomic E-state index is 10.7. The van der Waals surface area contributed by atoms with Crippen LogP contribution in [-0.2, 0) is 6.14 Å². The van der Waals surface area contributed by atoms with E-state index < -0.39 is 42.9 Å². The molecule has 0 radical (unpaired) electrons. The van der Waals surface area contributed by atoms with Crippen LogP contribution in [0.4, 0.5) is 0 Å². The van der Waals surface area contributed by atoms with E-state index in [4.69, 9.17) is 10.2 Å². The van der Waals surface area contributed by atoms with Crippen molar-refractivity contribution in [2.45, 2.75) is 0 Å². The third-order valence-electron chi connectivity index (χ3n) is 1.62. The summed E-state index contributed by atoms with van der Waals surface area (Å²) >= 11 is -3.77. The number of benzene rings is 1. The molecule has 80 valence electrons. The third-order valence-corrected chi connectivity index (χ3v) is 3.31. The van der Waals surface area contributed by atoms with Gasteiger partial charge in [0.2, 0.25) is 0 Å². The van der Waals surface area contributed by atoms with Gasteiger partial charge in [-0.1, -0.05) is 0 Å². The Kier molecular flexibility index (Phi) is 3.35. The van der Waals surface area contributed by atoms with Crippen LogP contribution in [0.2, 0.25) is 0 Å². The average molecular weight is 324 g/mol. The van der Waals surface area contributed by atoms with Crippen molar-refractivity contribution in [3.8, 4) is 0 Å². The van der Waals surface area contributed by atoms with Crippen LogP contribution in [0.3, 0.4) is 0 Å². The zero-order valence-electron chi connectivity index (χ0n) is 7.14. The SMILES string of the molecule is O=C(O)c1ccc(I(=O)=O)cc1C(=O)O. The third kappa shape index (κ3) is 2.49. The molecule has 0 heterocycles. The Morgan fingerprint density at radius 3 is 1.93 bits per heavy atom. The Hall–Kier alpha value is -1.51. The molecule has 0 bridgehead atoms. The van der Waals surface area contributed by atoms with Gasteiger partial charge in [-0.2, -0.15) is 0 Å². The normalized spacial score (nSPS) is 10.2. The van der Waals surface area contributed by atoms with Gasteiger partial charge in [0.15, 0.2) is 0 Å². The molecule has 6 nitrogen and oxygen atoms in total. The minimum atomic E-state index is -3.77. The molecule has 2 N–H and O–H groups in total. The second-order valence-corrected chi connectivity index (χ2v) is 5.00. The lowest BCUT2D eigenvalue weighted by Gasteiger charge is -2.00. The van der Waals surface area contributed by atoms with E-state index in [1.54, 1.807) is 0 Å². The fraction of sp³-hybridized carbons (Fsp3) is 0. The van der Waals surface area contributed by atoms with Gasteiger partial charge in [-0.3, -0.25) is 0 Å². The number of carboxylic acid groups (broad SMARTS) is 2. The molecule has 0 saturated carbocycles. The lowest BCUT2D eigenvalue weighted by Crippen LogP contribution is -2.08. The Morgan fingerprint density at radius 2 is 1.53 bits per heavy atom. The maximum absolute atomic E-state index is 10.7. The summed E-state index contributed by atoms with van der Waals surface area (Å²) in [4.78, 5) is 21.3. The second kappa shape index (κ2) is 4.34. The molecule has 7 heteroatoms. The molecule has 15 heavy (non-hydrogen) atoms. The molecule has 0 aliphatic rings. The van der Waals surface area contributed by atoms with Crippen molar-refractivity contribution in [2.24, 2.45) is 0 Å². The topological polar surface area (TPSA) is 109 Å². The van der Waals surface area contributed by atoms with E-state index in [0.29, 0.717) is 0 Å². The summed E-state index contributed by atoms with van der Waals surface area (Å²) in [6.07, 6.45) is 0. The summed E-state index contributed by atoms with van der Waals surface area (Å²) < 4.78 is 21.2. The zero-order chi connectivity index (χ0) is 11.6. The van der Waals surface area contributed by atoms with Gasteiger partial charge >= 0.3 is 31.7 Å². The van der Waals surface area contributed by atoms with E-state index >= 15 is 0 Å². The summed E-state index contributed by atoms with van der Waals surface area (Å²) in [5.41, 5.74) is -0.946. The number of carboxylic acids is 2. The number of halogens is 1. The summed E-state index contributed by atoms with van der Waals surface area (Å²) in [7, 11) is 0. The quantitative estimate of drug-likeness (QED) is 0.815. The fourth-order valence-electron chi connectivity index (χ4n) is 0.976. The molecule has 1 rings (SSSR count). The molecule has 0 aliphatic heterocycles. The molecular weight excluding hydrogens is 319 g/mol. The molecule has 1 aromatic rings. The van der Waals surface area contributed by atoms with Crippen LogP contribution in [0.5, 0.6) is 0 Å². The van der Waals surface area contributed by atoms with Crippen molar-refractivity contribution in [1.82, 2.24) is 0 Å². The molecule has 0 spiro atoms. The van der Waals surface area contributed by atoms with Gasteiger partial charge in [-0.15, -0.1) is 0 Å². The van der Waals surface area contributed by atoms with Crippen LogP contribution < -0.4 is 0 Å². The first-order valence-corrected chi connectivity index (χ1v) is 6.43. The van der Waals surface area contributed by atoms with Gasteiger partial charge in [-0.25, -0.2) is 15.7 Å². The van der Waals surface area contributed by atoms with Gasteiger partial charge in [0.1, 0.15) is 0 Å². The van der Waals surface area contributed by atoms with Crippen molar-refractivity contribution in [1.29, 1.82) is 0 Å². The van der Waals surface area contributed by atoms with Gasteiger partial charge in [0.25, 0.3) is 0 Å². The van der Waals surface area contributed by atoms with Crippen molar-refractivity contribution >= 4 is 31.7 Å². The predicted molar refractivity (Wildman–Crippen MR) is 54.5 cm³/mol. The highest BCUT2D eigenvalue weighted by Crippen LogP contribution is 2.21. The van der Waals surface area contributed by atoms with Crippen LogP contribution in [0.25, 0.3) is 0 Å². The Bertz CT molecular complexity index is 494. The van der Waals surface area contributed by atoms with E-state index in [1.807, 2.05) is 0 Å². The molecule has 0 fully saturated rings. The fourth-order valence-corrected chi connectivity index (χ4v) is 2.01. The minimum absolute atomic E-state index is 0.137. The summed E-state index contributed by atoms with van der Waals surface area (Å²) in [5, 5.41) is 17.3. The molecule has 1 aromatic carbocycles. The van der Waals surface area contributed by atoms with E-state index in [0.717, 1.165) is 18.2 Å². The minimum Gasteiger partial charge on any atom is -0.478 e. The first kappa shape index (κ1) is 11.6. The maximum Gasteiger partial charge on any atom is 0.340 e. The molecule has 0 atom stereocenters. The van der Waals surface area contributed by atoms with Crippen LogP contribution >= 0.6 is 19.8 Å². The van der Waals surface area contributed by atoms with Crippen LogP contribution in [-0.4, -0.2) is 22.2 Å². The first-order valence-electron chi connectivity index (χ1n) is 3.59.